The molecule has 0 fully saturated rings. The van der Waals surface area contributed by atoms with Gasteiger partial charge in [-0.2, -0.15) is 0 Å². The van der Waals surface area contributed by atoms with Gasteiger partial charge in [0, 0.05) is 12.7 Å². The normalized spacial score (nSPS) is 15.5. The van der Waals surface area contributed by atoms with Crippen LogP contribution in [0.3, 0.4) is 0 Å². The summed E-state index contributed by atoms with van der Waals surface area (Å²) in [6.07, 6.45) is 4.55. The van der Waals surface area contributed by atoms with E-state index in [1.807, 2.05) is 11.6 Å². The van der Waals surface area contributed by atoms with Gasteiger partial charge in [0.25, 0.3) is 0 Å². The minimum absolute atomic E-state index is 0.0666. The highest BCUT2D eigenvalue weighted by Crippen LogP contribution is 2.20. The molecule has 0 spiro atoms. The zero-order valence-corrected chi connectivity index (χ0v) is 7.80. The van der Waals surface area contributed by atoms with Crippen LogP contribution in [0, 0.1) is 5.41 Å². The lowest BCUT2D eigenvalue weighted by Crippen LogP contribution is -2.17. The Kier molecular flexibility index (Phi) is 1.83. The van der Waals surface area contributed by atoms with Gasteiger partial charge in [0.1, 0.15) is 0 Å². The Morgan fingerprint density at radius 1 is 1.46 bits per heavy atom. The van der Waals surface area contributed by atoms with Crippen molar-refractivity contribution in [3.8, 4) is 0 Å². The molecule has 3 N–H and O–H groups in total. The molecule has 1 aliphatic carbocycles. The first-order valence-corrected chi connectivity index (χ1v) is 4.59. The summed E-state index contributed by atoms with van der Waals surface area (Å²) < 4.78 is 1.96. The van der Waals surface area contributed by atoms with E-state index in [-0.39, 0.29) is 5.84 Å². The summed E-state index contributed by atoms with van der Waals surface area (Å²) in [5.74, 6) is 0.684. The maximum Gasteiger partial charge on any atom is 0.175 e. The fraction of sp³-hybridized carbons (Fsp3) is 0.556. The number of aryl methyl sites for hydroxylation is 1. The molecule has 0 unspecified atom stereocenters. The molecule has 4 nitrogen and oxygen atoms in total. The number of imidazole rings is 1. The maximum absolute atomic E-state index is 7.35. The van der Waals surface area contributed by atoms with Crippen LogP contribution in [0.2, 0.25) is 0 Å². The molecule has 13 heavy (non-hydrogen) atoms. The highest BCUT2D eigenvalue weighted by atomic mass is 15.1. The number of nitrogens with two attached hydrogens (primary N) is 1. The third kappa shape index (κ3) is 1.22. The summed E-state index contributed by atoms with van der Waals surface area (Å²) in [5, 5.41) is 7.35. The number of rotatable bonds is 1. The fourth-order valence-corrected chi connectivity index (χ4v) is 1.93. The number of hydrogen-bond donors (Lipinski definition) is 2. The first kappa shape index (κ1) is 8.29. The van der Waals surface area contributed by atoms with Crippen molar-refractivity contribution in [2.24, 2.45) is 12.8 Å². The van der Waals surface area contributed by atoms with Gasteiger partial charge >= 0.3 is 0 Å². The van der Waals surface area contributed by atoms with Crippen LogP contribution in [0.15, 0.2) is 0 Å². The second-order valence-electron chi connectivity index (χ2n) is 3.51. The topological polar surface area (TPSA) is 67.7 Å². The number of nitrogens with one attached hydrogen (secondary N) is 1. The minimum atomic E-state index is 0.0666. The predicted molar refractivity (Wildman–Crippen MR) is 50.9 cm³/mol. The van der Waals surface area contributed by atoms with Crippen molar-refractivity contribution in [2.75, 3.05) is 0 Å². The van der Waals surface area contributed by atoms with Crippen molar-refractivity contribution < 1.29 is 0 Å². The van der Waals surface area contributed by atoms with E-state index < -0.39 is 0 Å². The van der Waals surface area contributed by atoms with Crippen molar-refractivity contribution in [3.63, 3.8) is 0 Å². The quantitative estimate of drug-likeness (QED) is 0.488. The second kappa shape index (κ2) is 2.87. The molecule has 0 atom stereocenters. The summed E-state index contributed by atoms with van der Waals surface area (Å²) in [7, 11) is 1.94. The van der Waals surface area contributed by atoms with Gasteiger partial charge in [-0.3, -0.25) is 5.41 Å². The van der Waals surface area contributed by atoms with Crippen molar-refractivity contribution in [3.05, 3.63) is 17.2 Å². The SMILES string of the molecule is Cn1c(C(=N)N)nc2c1CCCC2. The van der Waals surface area contributed by atoms with E-state index in [2.05, 4.69) is 4.98 Å². The number of hydrogen-bond acceptors (Lipinski definition) is 2. The van der Waals surface area contributed by atoms with Crippen LogP contribution in [0.4, 0.5) is 0 Å². The number of amidine groups is 1. The van der Waals surface area contributed by atoms with E-state index in [0.29, 0.717) is 5.82 Å². The number of fused-ring (bicyclic) bond motifs is 1. The molecule has 0 bridgehead atoms. The number of nitrogens with zero attached hydrogens (tertiary/aromatic N) is 2. The van der Waals surface area contributed by atoms with Gasteiger partial charge in [0.15, 0.2) is 11.7 Å². The van der Waals surface area contributed by atoms with E-state index >= 15 is 0 Å². The van der Waals surface area contributed by atoms with Gasteiger partial charge in [-0.15, -0.1) is 0 Å². The fourth-order valence-electron chi connectivity index (χ4n) is 1.93. The molecule has 0 amide bonds. The highest BCUT2D eigenvalue weighted by Gasteiger charge is 2.18. The largest absolute Gasteiger partial charge is 0.381 e. The smallest absolute Gasteiger partial charge is 0.175 e. The van der Waals surface area contributed by atoms with Crippen molar-refractivity contribution in [2.45, 2.75) is 25.7 Å². The first-order chi connectivity index (χ1) is 6.20. The van der Waals surface area contributed by atoms with Crippen molar-refractivity contribution in [1.29, 1.82) is 5.41 Å². The molecule has 1 heterocycles. The van der Waals surface area contributed by atoms with Crippen LogP contribution in [0.1, 0.15) is 30.1 Å². The van der Waals surface area contributed by atoms with Crippen LogP contribution >= 0.6 is 0 Å². The van der Waals surface area contributed by atoms with Gasteiger partial charge in [-0.05, 0) is 25.7 Å². The van der Waals surface area contributed by atoms with Gasteiger partial charge in [0.05, 0.1) is 5.69 Å². The predicted octanol–water partition coefficient (Wildman–Crippen LogP) is 0.583. The molecule has 1 aromatic heterocycles. The van der Waals surface area contributed by atoms with Gasteiger partial charge in [-0.1, -0.05) is 0 Å². The number of nitrogen functional groups attached to an aromatic ring is 1. The lowest BCUT2D eigenvalue weighted by atomic mass is 10.0. The Bertz CT molecular complexity index is 351. The van der Waals surface area contributed by atoms with E-state index in [4.69, 9.17) is 11.1 Å². The van der Waals surface area contributed by atoms with E-state index in [1.54, 1.807) is 0 Å². The van der Waals surface area contributed by atoms with E-state index in [9.17, 15) is 0 Å². The maximum atomic E-state index is 7.35. The van der Waals surface area contributed by atoms with Crippen molar-refractivity contribution in [1.82, 2.24) is 9.55 Å². The Balaban J connectivity index is 2.50. The standard InChI is InChI=1S/C9H14N4/c1-13-7-5-3-2-4-6(7)12-9(13)8(10)11/h2-5H2,1H3,(H3,10,11). The molecular weight excluding hydrogens is 164 g/mol. The lowest BCUT2D eigenvalue weighted by Gasteiger charge is -2.10. The summed E-state index contributed by atoms with van der Waals surface area (Å²) in [6.45, 7) is 0. The average Bonchev–Trinajstić information content (AvgIpc) is 2.45. The molecular formula is C9H14N4. The van der Waals surface area contributed by atoms with Crippen LogP contribution in [0.5, 0.6) is 0 Å². The summed E-state index contributed by atoms with van der Waals surface area (Å²) in [6, 6.07) is 0. The molecule has 0 radical (unpaired) electrons. The molecule has 0 saturated carbocycles. The van der Waals surface area contributed by atoms with Gasteiger partial charge in [-0.25, -0.2) is 4.98 Å². The highest BCUT2D eigenvalue weighted by molar-refractivity contribution is 5.91. The summed E-state index contributed by atoms with van der Waals surface area (Å²) in [5.41, 5.74) is 7.83. The molecule has 0 aromatic carbocycles. The van der Waals surface area contributed by atoms with Crippen LogP contribution in [-0.4, -0.2) is 15.4 Å². The molecule has 0 saturated heterocycles. The first-order valence-electron chi connectivity index (χ1n) is 4.59. The molecule has 2 rings (SSSR count). The van der Waals surface area contributed by atoms with Crippen LogP contribution in [-0.2, 0) is 19.9 Å². The third-order valence-corrected chi connectivity index (χ3v) is 2.61. The Morgan fingerprint density at radius 2 is 2.15 bits per heavy atom. The van der Waals surface area contributed by atoms with E-state index in [0.717, 1.165) is 18.5 Å². The lowest BCUT2D eigenvalue weighted by molar-refractivity contribution is 0.643. The molecule has 0 aliphatic heterocycles. The zero-order chi connectivity index (χ0) is 9.42. The second-order valence-corrected chi connectivity index (χ2v) is 3.51. The molecule has 1 aromatic rings. The monoisotopic (exact) mass is 178 g/mol. The Hall–Kier alpha value is -1.32. The molecule has 1 aliphatic rings. The van der Waals surface area contributed by atoms with Gasteiger partial charge in [0.2, 0.25) is 0 Å². The van der Waals surface area contributed by atoms with Crippen molar-refractivity contribution >= 4 is 5.84 Å². The average molecular weight is 178 g/mol. The summed E-state index contributed by atoms with van der Waals surface area (Å²) in [4.78, 5) is 4.36. The van der Waals surface area contributed by atoms with Gasteiger partial charge < -0.3 is 10.3 Å². The van der Waals surface area contributed by atoms with Crippen LogP contribution in [0.25, 0.3) is 0 Å². The Morgan fingerprint density at radius 3 is 2.77 bits per heavy atom. The number of aromatic nitrogens is 2. The Labute approximate surface area is 77.3 Å². The molecule has 4 heteroatoms. The minimum Gasteiger partial charge on any atom is -0.381 e. The zero-order valence-electron chi connectivity index (χ0n) is 7.80. The summed E-state index contributed by atoms with van der Waals surface area (Å²) >= 11 is 0. The van der Waals surface area contributed by atoms with Crippen LogP contribution < -0.4 is 5.73 Å². The molecule has 70 valence electrons. The van der Waals surface area contributed by atoms with E-state index in [1.165, 1.54) is 18.5 Å². The third-order valence-electron chi connectivity index (χ3n) is 2.61.